The fourth-order valence-electron chi connectivity index (χ4n) is 2.54. The van der Waals surface area contributed by atoms with E-state index in [1.54, 1.807) is 17.2 Å². The number of nitrogens with zero attached hydrogens (tertiary/aromatic N) is 2. The minimum absolute atomic E-state index is 0.00301. The maximum absolute atomic E-state index is 12.9. The van der Waals surface area contributed by atoms with Gasteiger partial charge in [0.05, 0.1) is 5.56 Å². The molecule has 0 aliphatic heterocycles. The van der Waals surface area contributed by atoms with Gasteiger partial charge in [0.25, 0.3) is 5.91 Å². The average Bonchev–Trinajstić information content (AvgIpc) is 2.60. The zero-order valence-electron chi connectivity index (χ0n) is 14.6. The highest BCUT2D eigenvalue weighted by Crippen LogP contribution is 2.19. The predicted octanol–water partition coefficient (Wildman–Crippen LogP) is 3.69. The van der Waals surface area contributed by atoms with Gasteiger partial charge in [0.1, 0.15) is 0 Å². The highest BCUT2D eigenvalue weighted by Gasteiger charge is 2.20. The topological polar surface area (TPSA) is 45.2 Å². The van der Waals surface area contributed by atoms with Gasteiger partial charge in [-0.1, -0.05) is 24.3 Å². The lowest BCUT2D eigenvalue weighted by Gasteiger charge is -2.26. The Bertz CT molecular complexity index is 712. The van der Waals surface area contributed by atoms with Crippen molar-refractivity contribution in [2.75, 3.05) is 18.9 Å². The molecule has 1 aromatic carbocycles. The van der Waals surface area contributed by atoms with E-state index in [4.69, 9.17) is 0 Å². The number of pyridine rings is 1. The number of benzene rings is 1. The molecule has 1 atom stereocenters. The third-order valence-electron chi connectivity index (χ3n) is 4.18. The zero-order chi connectivity index (χ0) is 17.5. The van der Waals surface area contributed by atoms with Gasteiger partial charge in [-0.2, -0.15) is 0 Å². The van der Waals surface area contributed by atoms with Crippen molar-refractivity contribution in [3.8, 4) is 0 Å². The van der Waals surface area contributed by atoms with E-state index >= 15 is 0 Å². The van der Waals surface area contributed by atoms with Crippen LogP contribution in [-0.2, 0) is 6.42 Å². The predicted molar refractivity (Wildman–Crippen MR) is 99.4 cm³/mol. The first-order valence-corrected chi connectivity index (χ1v) is 8.16. The third-order valence-corrected chi connectivity index (χ3v) is 4.18. The van der Waals surface area contributed by atoms with Crippen molar-refractivity contribution in [2.45, 2.75) is 26.3 Å². The molecule has 0 radical (unpaired) electrons. The smallest absolute Gasteiger partial charge is 0.255 e. The van der Waals surface area contributed by atoms with Crippen LogP contribution in [0.2, 0.25) is 0 Å². The van der Waals surface area contributed by atoms with Gasteiger partial charge in [-0.25, -0.2) is 0 Å². The van der Waals surface area contributed by atoms with Crippen LogP contribution >= 0.6 is 0 Å². The summed E-state index contributed by atoms with van der Waals surface area (Å²) in [5.74, 6) is 0.00301. The summed E-state index contributed by atoms with van der Waals surface area (Å²) < 4.78 is 0. The Kier molecular flexibility index (Phi) is 6.13. The molecule has 0 unspecified atom stereocenters. The number of hydrogen-bond acceptors (Lipinski definition) is 3. The number of likely N-dealkylation sites (N-methyl/N-ethyl adjacent to an activating group) is 1. The minimum atomic E-state index is 0.00301. The van der Waals surface area contributed by atoms with Crippen LogP contribution in [0.5, 0.6) is 0 Å². The number of anilines is 1. The summed E-state index contributed by atoms with van der Waals surface area (Å²) in [6.45, 7) is 8.42. The van der Waals surface area contributed by atoms with Crippen LogP contribution in [0.15, 0.2) is 55.3 Å². The van der Waals surface area contributed by atoms with E-state index in [1.807, 2.05) is 57.3 Å². The fraction of sp³-hybridized carbons (Fsp3) is 0.300. The molecule has 0 bridgehead atoms. The van der Waals surface area contributed by atoms with Crippen LogP contribution in [0.3, 0.4) is 0 Å². The van der Waals surface area contributed by atoms with Crippen LogP contribution in [0.25, 0.3) is 0 Å². The summed E-state index contributed by atoms with van der Waals surface area (Å²) in [7, 11) is 1.84. The largest absolute Gasteiger partial charge is 0.381 e. The standard InChI is InChI=1S/C20H25N3O/c1-5-12-21-18-11-7-6-10-17(18)20(24)23(4)16(3)14-19-15(2)9-8-13-22-19/h5-11,13,16,21H,1,12,14H2,2-4H3/t16-/m0/s1. The minimum Gasteiger partial charge on any atom is -0.381 e. The first-order valence-electron chi connectivity index (χ1n) is 8.16. The number of carbonyl (C=O) groups excluding carboxylic acids is 1. The molecule has 0 spiro atoms. The second-order valence-electron chi connectivity index (χ2n) is 5.95. The van der Waals surface area contributed by atoms with Crippen molar-refractivity contribution in [3.05, 3.63) is 72.1 Å². The van der Waals surface area contributed by atoms with Gasteiger partial charge >= 0.3 is 0 Å². The van der Waals surface area contributed by atoms with Gasteiger partial charge in [0.2, 0.25) is 0 Å². The maximum Gasteiger partial charge on any atom is 0.255 e. The van der Waals surface area contributed by atoms with Crippen LogP contribution < -0.4 is 5.32 Å². The second kappa shape index (κ2) is 8.29. The highest BCUT2D eigenvalue weighted by atomic mass is 16.2. The van der Waals surface area contributed by atoms with Crippen molar-refractivity contribution in [2.24, 2.45) is 0 Å². The molecule has 0 aliphatic rings. The van der Waals surface area contributed by atoms with Crippen molar-refractivity contribution < 1.29 is 4.79 Å². The third kappa shape index (κ3) is 4.22. The molecular weight excluding hydrogens is 298 g/mol. The molecule has 0 aliphatic carbocycles. The second-order valence-corrected chi connectivity index (χ2v) is 5.95. The Morgan fingerprint density at radius 1 is 1.33 bits per heavy atom. The molecule has 1 amide bonds. The lowest BCUT2D eigenvalue weighted by atomic mass is 10.1. The van der Waals surface area contributed by atoms with E-state index in [-0.39, 0.29) is 11.9 Å². The van der Waals surface area contributed by atoms with E-state index in [9.17, 15) is 4.79 Å². The zero-order valence-corrected chi connectivity index (χ0v) is 14.6. The summed E-state index contributed by atoms with van der Waals surface area (Å²) in [6.07, 6.45) is 4.31. The first kappa shape index (κ1) is 17.7. The van der Waals surface area contributed by atoms with Crippen LogP contribution in [0, 0.1) is 6.92 Å². The summed E-state index contributed by atoms with van der Waals surface area (Å²) in [6, 6.07) is 11.6. The number of para-hydroxylation sites is 1. The van der Waals surface area contributed by atoms with Crippen LogP contribution in [0.1, 0.15) is 28.5 Å². The van der Waals surface area contributed by atoms with Crippen LogP contribution in [-0.4, -0.2) is 35.4 Å². The molecule has 0 fully saturated rings. The first-order chi connectivity index (χ1) is 11.5. The maximum atomic E-state index is 12.9. The van der Waals surface area contributed by atoms with Gasteiger partial charge in [0.15, 0.2) is 0 Å². The lowest BCUT2D eigenvalue weighted by Crippen LogP contribution is -2.37. The molecule has 1 heterocycles. The van der Waals surface area contributed by atoms with Gasteiger partial charge < -0.3 is 10.2 Å². The summed E-state index contributed by atoms with van der Waals surface area (Å²) in [5, 5.41) is 3.22. The van der Waals surface area contributed by atoms with Crippen molar-refractivity contribution >= 4 is 11.6 Å². The molecule has 1 aromatic heterocycles. The number of hydrogen-bond donors (Lipinski definition) is 1. The lowest BCUT2D eigenvalue weighted by molar-refractivity contribution is 0.0743. The van der Waals surface area contributed by atoms with Gasteiger partial charge in [0, 0.05) is 43.6 Å². The number of amides is 1. The number of aryl methyl sites for hydroxylation is 1. The van der Waals surface area contributed by atoms with Gasteiger partial charge in [-0.05, 0) is 37.6 Å². The van der Waals surface area contributed by atoms with Gasteiger partial charge in [-0.15, -0.1) is 6.58 Å². The van der Waals surface area contributed by atoms with E-state index in [0.29, 0.717) is 12.1 Å². The summed E-state index contributed by atoms with van der Waals surface area (Å²) in [4.78, 5) is 19.1. The Morgan fingerprint density at radius 2 is 2.08 bits per heavy atom. The molecule has 2 aromatic rings. The van der Waals surface area contributed by atoms with Crippen molar-refractivity contribution in [3.63, 3.8) is 0 Å². The number of rotatable bonds is 7. The van der Waals surface area contributed by atoms with Crippen molar-refractivity contribution in [1.82, 2.24) is 9.88 Å². The molecule has 126 valence electrons. The van der Waals surface area contributed by atoms with E-state index in [2.05, 4.69) is 16.9 Å². The molecule has 1 N–H and O–H groups in total. The number of aromatic nitrogens is 1. The molecule has 24 heavy (non-hydrogen) atoms. The highest BCUT2D eigenvalue weighted by molar-refractivity contribution is 5.99. The molecule has 0 saturated heterocycles. The number of carbonyl (C=O) groups is 1. The summed E-state index contributed by atoms with van der Waals surface area (Å²) >= 11 is 0. The Morgan fingerprint density at radius 3 is 2.79 bits per heavy atom. The molecule has 4 nitrogen and oxygen atoms in total. The summed E-state index contributed by atoms with van der Waals surface area (Å²) in [5.41, 5.74) is 3.68. The van der Waals surface area contributed by atoms with E-state index in [1.165, 1.54) is 0 Å². The normalized spacial score (nSPS) is 11.6. The van der Waals surface area contributed by atoms with E-state index < -0.39 is 0 Å². The molecule has 2 rings (SSSR count). The molecule has 4 heteroatoms. The van der Waals surface area contributed by atoms with E-state index in [0.717, 1.165) is 23.4 Å². The average molecular weight is 323 g/mol. The fourth-order valence-corrected chi connectivity index (χ4v) is 2.54. The molecule has 0 saturated carbocycles. The SMILES string of the molecule is C=CCNc1ccccc1C(=O)N(C)[C@@H](C)Cc1ncccc1C. The Hall–Kier alpha value is -2.62. The van der Waals surface area contributed by atoms with Crippen molar-refractivity contribution in [1.29, 1.82) is 0 Å². The molecular formula is C20H25N3O. The quantitative estimate of drug-likeness (QED) is 0.790. The monoisotopic (exact) mass is 323 g/mol. The number of nitrogens with one attached hydrogen (secondary N) is 1. The van der Waals surface area contributed by atoms with Gasteiger partial charge in [-0.3, -0.25) is 9.78 Å². The Labute approximate surface area is 144 Å². The Balaban J connectivity index is 2.14. The van der Waals surface area contributed by atoms with Crippen LogP contribution in [0.4, 0.5) is 5.69 Å².